The summed E-state index contributed by atoms with van der Waals surface area (Å²) in [5.41, 5.74) is 0.392. The molecule has 4 unspecified atom stereocenters. The Kier molecular flexibility index (Phi) is 0.729. The van der Waals surface area contributed by atoms with E-state index < -0.39 is 5.97 Å². The molecule has 0 amide bonds. The Hall–Kier alpha value is -0.790. The Morgan fingerprint density at radius 3 is 2.82 bits per heavy atom. The molecule has 1 spiro atoms. The summed E-state index contributed by atoms with van der Waals surface area (Å²) in [4.78, 5) is 10.7. The first-order chi connectivity index (χ1) is 5.24. The predicted octanol–water partition coefficient (Wildman–Crippen LogP) is 1.28. The highest BCUT2D eigenvalue weighted by Crippen LogP contribution is 2.73. The van der Waals surface area contributed by atoms with Crippen LogP contribution in [0.3, 0.4) is 0 Å². The number of allylic oxidation sites excluding steroid dienone is 2. The Balaban J connectivity index is 1.94. The molecule has 0 heterocycles. The highest BCUT2D eigenvalue weighted by Gasteiger charge is 2.68. The maximum Gasteiger partial charge on any atom is 0.307 e. The van der Waals surface area contributed by atoms with Crippen molar-refractivity contribution in [1.29, 1.82) is 0 Å². The van der Waals surface area contributed by atoms with Crippen molar-refractivity contribution in [2.24, 2.45) is 23.2 Å². The number of rotatable bonds is 1. The normalized spacial score (nSPS) is 56.2. The summed E-state index contributed by atoms with van der Waals surface area (Å²) >= 11 is 0. The van der Waals surface area contributed by atoms with E-state index in [9.17, 15) is 4.79 Å². The van der Waals surface area contributed by atoms with Crippen molar-refractivity contribution in [1.82, 2.24) is 0 Å². The minimum absolute atomic E-state index is 0.0567. The molecule has 58 valence electrons. The van der Waals surface area contributed by atoms with E-state index in [0.717, 1.165) is 12.3 Å². The van der Waals surface area contributed by atoms with E-state index in [0.29, 0.717) is 11.3 Å². The van der Waals surface area contributed by atoms with Crippen LogP contribution in [0.25, 0.3) is 0 Å². The summed E-state index contributed by atoms with van der Waals surface area (Å²) in [5, 5.41) is 8.84. The zero-order chi connectivity index (χ0) is 7.64. The van der Waals surface area contributed by atoms with Crippen molar-refractivity contribution in [2.75, 3.05) is 0 Å². The van der Waals surface area contributed by atoms with Crippen molar-refractivity contribution in [3.8, 4) is 0 Å². The van der Waals surface area contributed by atoms with Crippen LogP contribution in [-0.4, -0.2) is 11.1 Å². The standard InChI is InChI=1S/C9H10O2/c10-8(11)6-3-5-4-9(5)2-1-7(6)9/h1-2,5-7H,3-4H2,(H,10,11). The molecule has 4 atom stereocenters. The van der Waals surface area contributed by atoms with Crippen molar-refractivity contribution in [3.63, 3.8) is 0 Å². The third-order valence-corrected chi connectivity index (χ3v) is 3.72. The smallest absolute Gasteiger partial charge is 0.307 e. The lowest BCUT2D eigenvalue weighted by molar-refractivity contribution is -0.143. The van der Waals surface area contributed by atoms with Crippen LogP contribution in [0.4, 0.5) is 0 Å². The molecule has 0 radical (unpaired) electrons. The van der Waals surface area contributed by atoms with Gasteiger partial charge in [-0.1, -0.05) is 12.2 Å². The molecule has 2 fully saturated rings. The summed E-state index contributed by atoms with van der Waals surface area (Å²) in [7, 11) is 0. The van der Waals surface area contributed by atoms with E-state index >= 15 is 0 Å². The average molecular weight is 150 g/mol. The molecule has 0 saturated heterocycles. The number of carbonyl (C=O) groups is 1. The van der Waals surface area contributed by atoms with Gasteiger partial charge in [-0.3, -0.25) is 4.79 Å². The van der Waals surface area contributed by atoms with Gasteiger partial charge < -0.3 is 5.11 Å². The van der Waals surface area contributed by atoms with Gasteiger partial charge in [-0.15, -0.1) is 0 Å². The van der Waals surface area contributed by atoms with Crippen molar-refractivity contribution < 1.29 is 9.90 Å². The summed E-state index contributed by atoms with van der Waals surface area (Å²) < 4.78 is 0. The van der Waals surface area contributed by atoms with Crippen molar-refractivity contribution >= 4 is 5.97 Å². The Bertz CT molecular complexity index is 269. The molecule has 0 aromatic rings. The SMILES string of the molecule is O=C(O)C1CC2CC23C=CC13. The zero-order valence-electron chi connectivity index (χ0n) is 6.16. The molecular formula is C9H10O2. The fraction of sp³-hybridized carbons (Fsp3) is 0.667. The molecule has 1 N–H and O–H groups in total. The molecule has 11 heavy (non-hydrogen) atoms. The summed E-state index contributed by atoms with van der Waals surface area (Å²) in [6.45, 7) is 0. The molecule has 2 heteroatoms. The molecule has 0 aromatic carbocycles. The van der Waals surface area contributed by atoms with Crippen LogP contribution in [-0.2, 0) is 4.79 Å². The maximum atomic E-state index is 10.7. The van der Waals surface area contributed by atoms with Gasteiger partial charge in [0.05, 0.1) is 5.92 Å². The largest absolute Gasteiger partial charge is 0.481 e. The monoisotopic (exact) mass is 150 g/mol. The van der Waals surface area contributed by atoms with Gasteiger partial charge in [0.15, 0.2) is 0 Å². The minimum Gasteiger partial charge on any atom is -0.481 e. The topological polar surface area (TPSA) is 37.3 Å². The molecule has 2 nitrogen and oxygen atoms in total. The van der Waals surface area contributed by atoms with Gasteiger partial charge in [-0.25, -0.2) is 0 Å². The molecule has 3 aliphatic carbocycles. The maximum absolute atomic E-state index is 10.7. The number of hydrogen-bond donors (Lipinski definition) is 1. The molecule has 3 aliphatic rings. The quantitative estimate of drug-likeness (QED) is 0.572. The third kappa shape index (κ3) is 0.461. The minimum atomic E-state index is -0.592. The van der Waals surface area contributed by atoms with Crippen LogP contribution in [0.2, 0.25) is 0 Å². The number of hydrogen-bond acceptors (Lipinski definition) is 1. The zero-order valence-corrected chi connectivity index (χ0v) is 6.16. The predicted molar refractivity (Wildman–Crippen MR) is 38.9 cm³/mol. The molecular weight excluding hydrogens is 140 g/mol. The second-order valence-corrected chi connectivity index (χ2v) is 4.08. The van der Waals surface area contributed by atoms with Crippen LogP contribution in [0.1, 0.15) is 12.8 Å². The number of carboxylic acid groups (broad SMARTS) is 1. The molecule has 3 rings (SSSR count). The van der Waals surface area contributed by atoms with Crippen LogP contribution in [0, 0.1) is 23.2 Å². The highest BCUT2D eigenvalue weighted by molar-refractivity contribution is 5.73. The second-order valence-electron chi connectivity index (χ2n) is 4.08. The highest BCUT2D eigenvalue weighted by atomic mass is 16.4. The fourth-order valence-electron chi connectivity index (χ4n) is 2.95. The Morgan fingerprint density at radius 1 is 1.64 bits per heavy atom. The molecule has 0 aromatic heterocycles. The van der Waals surface area contributed by atoms with E-state index in [1.165, 1.54) is 6.42 Å². The number of aliphatic carboxylic acids is 1. The Labute approximate surface area is 64.9 Å². The lowest BCUT2D eigenvalue weighted by Crippen LogP contribution is -2.28. The van der Waals surface area contributed by atoms with Gasteiger partial charge in [-0.2, -0.15) is 0 Å². The number of carboxylic acids is 1. The molecule has 0 aliphatic heterocycles. The second kappa shape index (κ2) is 1.38. The fourth-order valence-corrected chi connectivity index (χ4v) is 2.95. The lowest BCUT2D eigenvalue weighted by Gasteiger charge is -2.28. The molecule has 0 bridgehead atoms. The van der Waals surface area contributed by atoms with Gasteiger partial charge in [0, 0.05) is 0 Å². The van der Waals surface area contributed by atoms with E-state index in [2.05, 4.69) is 12.2 Å². The van der Waals surface area contributed by atoms with Crippen LogP contribution in [0.5, 0.6) is 0 Å². The van der Waals surface area contributed by atoms with Crippen molar-refractivity contribution in [2.45, 2.75) is 12.8 Å². The van der Waals surface area contributed by atoms with E-state index in [-0.39, 0.29) is 5.92 Å². The van der Waals surface area contributed by atoms with E-state index in [1.54, 1.807) is 0 Å². The van der Waals surface area contributed by atoms with E-state index in [4.69, 9.17) is 5.11 Å². The third-order valence-electron chi connectivity index (χ3n) is 3.72. The van der Waals surface area contributed by atoms with Gasteiger partial charge in [0.2, 0.25) is 0 Å². The van der Waals surface area contributed by atoms with Crippen molar-refractivity contribution in [3.05, 3.63) is 12.2 Å². The first kappa shape index (κ1) is 5.81. The van der Waals surface area contributed by atoms with Gasteiger partial charge in [-0.05, 0) is 30.1 Å². The lowest BCUT2D eigenvalue weighted by atomic mass is 9.75. The van der Waals surface area contributed by atoms with Gasteiger partial charge in [0.25, 0.3) is 0 Å². The van der Waals surface area contributed by atoms with Crippen LogP contribution in [0.15, 0.2) is 12.2 Å². The van der Waals surface area contributed by atoms with Gasteiger partial charge >= 0.3 is 5.97 Å². The molecule has 2 saturated carbocycles. The van der Waals surface area contributed by atoms with Crippen LogP contribution < -0.4 is 0 Å². The first-order valence-corrected chi connectivity index (χ1v) is 4.16. The summed E-state index contributed by atoms with van der Waals surface area (Å²) in [5.74, 6) is 0.466. The average Bonchev–Trinajstić information content (AvgIpc) is 2.56. The summed E-state index contributed by atoms with van der Waals surface area (Å²) in [6, 6.07) is 0. The van der Waals surface area contributed by atoms with E-state index in [1.807, 2.05) is 0 Å². The first-order valence-electron chi connectivity index (χ1n) is 4.16. The van der Waals surface area contributed by atoms with Crippen LogP contribution >= 0.6 is 0 Å². The summed E-state index contributed by atoms with van der Waals surface area (Å²) in [6.07, 6.45) is 6.50. The van der Waals surface area contributed by atoms with Gasteiger partial charge in [0.1, 0.15) is 0 Å². The Morgan fingerprint density at radius 2 is 2.45 bits per heavy atom.